The highest BCUT2D eigenvalue weighted by Crippen LogP contribution is 2.16. The fraction of sp³-hybridized carbons (Fsp3) is 0.562. The van der Waals surface area contributed by atoms with Gasteiger partial charge in [-0.05, 0) is 37.0 Å². The lowest BCUT2D eigenvalue weighted by molar-refractivity contribution is -0.122. The maximum atomic E-state index is 12.1. The van der Waals surface area contributed by atoms with Crippen LogP contribution in [0.2, 0.25) is 5.02 Å². The Morgan fingerprint density at radius 2 is 1.83 bits per heavy atom. The summed E-state index contributed by atoms with van der Waals surface area (Å²) < 4.78 is 26.8. The third-order valence-electron chi connectivity index (χ3n) is 4.16. The Morgan fingerprint density at radius 3 is 2.38 bits per heavy atom. The molecule has 6 nitrogen and oxygen atoms in total. The van der Waals surface area contributed by atoms with Crippen LogP contribution in [0.25, 0.3) is 0 Å². The second kappa shape index (κ2) is 8.29. The zero-order chi connectivity index (χ0) is 17.7. The van der Waals surface area contributed by atoms with Crippen molar-refractivity contribution in [2.75, 3.05) is 27.2 Å². The summed E-state index contributed by atoms with van der Waals surface area (Å²) in [5.74, 6) is -0.00105. The highest BCUT2D eigenvalue weighted by atomic mass is 35.5. The summed E-state index contributed by atoms with van der Waals surface area (Å²) >= 11 is 5.84. The zero-order valence-electron chi connectivity index (χ0n) is 14.0. The SMILES string of the molecule is CN(C)S(=O)(=O)N1CCC(NC(=O)CCc2ccc(Cl)cc2)CC1. The summed E-state index contributed by atoms with van der Waals surface area (Å²) in [7, 11) is -0.303. The molecule has 1 aliphatic rings. The molecule has 1 fully saturated rings. The Kier molecular flexibility index (Phi) is 6.62. The summed E-state index contributed by atoms with van der Waals surface area (Å²) in [5, 5.41) is 3.68. The largest absolute Gasteiger partial charge is 0.353 e. The molecule has 2 rings (SSSR count). The first-order valence-corrected chi connectivity index (χ1v) is 9.78. The Morgan fingerprint density at radius 1 is 1.25 bits per heavy atom. The van der Waals surface area contributed by atoms with Gasteiger partial charge in [0.15, 0.2) is 0 Å². The average Bonchev–Trinajstić information content (AvgIpc) is 2.54. The van der Waals surface area contributed by atoms with Gasteiger partial charge in [0.25, 0.3) is 10.2 Å². The molecule has 1 saturated heterocycles. The van der Waals surface area contributed by atoms with Crippen LogP contribution in [0.3, 0.4) is 0 Å². The fourth-order valence-corrected chi connectivity index (χ4v) is 3.93. The minimum Gasteiger partial charge on any atom is -0.353 e. The molecule has 1 N–H and O–H groups in total. The molecule has 1 aromatic carbocycles. The van der Waals surface area contributed by atoms with Crippen LogP contribution in [-0.2, 0) is 21.4 Å². The van der Waals surface area contributed by atoms with Crippen LogP contribution in [-0.4, -0.2) is 56.2 Å². The second-order valence-corrected chi connectivity index (χ2v) is 8.74. The van der Waals surface area contributed by atoms with E-state index in [0.29, 0.717) is 43.8 Å². The van der Waals surface area contributed by atoms with E-state index in [2.05, 4.69) is 5.32 Å². The number of carbonyl (C=O) groups is 1. The van der Waals surface area contributed by atoms with Crippen molar-refractivity contribution in [2.45, 2.75) is 31.7 Å². The van der Waals surface area contributed by atoms with E-state index in [4.69, 9.17) is 11.6 Å². The van der Waals surface area contributed by atoms with Crippen molar-refractivity contribution in [1.29, 1.82) is 0 Å². The number of piperidine rings is 1. The van der Waals surface area contributed by atoms with Gasteiger partial charge in [-0.3, -0.25) is 4.79 Å². The maximum Gasteiger partial charge on any atom is 0.281 e. The van der Waals surface area contributed by atoms with E-state index in [1.807, 2.05) is 24.3 Å². The number of rotatable bonds is 6. The molecular formula is C16H24ClN3O3S. The fourth-order valence-electron chi connectivity index (χ4n) is 2.67. The third-order valence-corrected chi connectivity index (χ3v) is 6.35. The summed E-state index contributed by atoms with van der Waals surface area (Å²) in [5.41, 5.74) is 1.07. The molecule has 0 radical (unpaired) electrons. The summed E-state index contributed by atoms with van der Waals surface area (Å²) in [6, 6.07) is 7.50. The Bertz CT molecular complexity index is 654. The molecule has 0 saturated carbocycles. The normalized spacial score (nSPS) is 17.2. The number of halogens is 1. The van der Waals surface area contributed by atoms with E-state index in [-0.39, 0.29) is 11.9 Å². The molecule has 24 heavy (non-hydrogen) atoms. The minimum atomic E-state index is -3.36. The molecule has 1 aliphatic heterocycles. The van der Waals surface area contributed by atoms with E-state index < -0.39 is 10.2 Å². The van der Waals surface area contributed by atoms with Crippen LogP contribution in [0.4, 0.5) is 0 Å². The van der Waals surface area contributed by atoms with Gasteiger partial charge in [-0.2, -0.15) is 17.0 Å². The van der Waals surface area contributed by atoms with Crippen molar-refractivity contribution in [3.63, 3.8) is 0 Å². The molecule has 1 amide bonds. The first-order chi connectivity index (χ1) is 11.3. The van der Waals surface area contributed by atoms with E-state index >= 15 is 0 Å². The van der Waals surface area contributed by atoms with E-state index in [9.17, 15) is 13.2 Å². The molecule has 1 heterocycles. The summed E-state index contributed by atoms with van der Waals surface area (Å²) in [4.78, 5) is 12.1. The minimum absolute atomic E-state index is 0.00105. The number of nitrogens with zero attached hydrogens (tertiary/aromatic N) is 2. The number of aryl methyl sites for hydroxylation is 1. The van der Waals surface area contributed by atoms with Crippen LogP contribution in [0, 0.1) is 0 Å². The standard InChI is InChI=1S/C16H24ClN3O3S/c1-19(2)24(22,23)20-11-9-15(10-12-20)18-16(21)8-5-13-3-6-14(17)7-4-13/h3-4,6-7,15H,5,8-12H2,1-2H3,(H,18,21). The number of nitrogens with one attached hydrogen (secondary N) is 1. The van der Waals surface area contributed by atoms with Crippen molar-refractivity contribution < 1.29 is 13.2 Å². The van der Waals surface area contributed by atoms with Gasteiger partial charge in [0.2, 0.25) is 5.91 Å². The van der Waals surface area contributed by atoms with E-state index in [1.165, 1.54) is 22.7 Å². The van der Waals surface area contributed by atoms with Gasteiger partial charge < -0.3 is 5.32 Å². The molecule has 1 aromatic rings. The molecular weight excluding hydrogens is 350 g/mol. The first kappa shape index (κ1) is 19.2. The molecule has 0 bridgehead atoms. The lowest BCUT2D eigenvalue weighted by Gasteiger charge is -2.33. The Balaban J connectivity index is 1.75. The van der Waals surface area contributed by atoms with Gasteiger partial charge in [0.05, 0.1) is 0 Å². The first-order valence-electron chi connectivity index (χ1n) is 8.00. The summed E-state index contributed by atoms with van der Waals surface area (Å²) in [6.07, 6.45) is 2.36. The molecule has 0 spiro atoms. The monoisotopic (exact) mass is 373 g/mol. The predicted molar refractivity (Wildman–Crippen MR) is 95.1 cm³/mol. The topological polar surface area (TPSA) is 69.7 Å². The van der Waals surface area contributed by atoms with Crippen LogP contribution in [0.1, 0.15) is 24.8 Å². The van der Waals surface area contributed by atoms with Gasteiger partial charge in [0.1, 0.15) is 0 Å². The quantitative estimate of drug-likeness (QED) is 0.824. The van der Waals surface area contributed by atoms with Crippen molar-refractivity contribution >= 4 is 27.7 Å². The molecule has 0 unspecified atom stereocenters. The predicted octanol–water partition coefficient (Wildman–Crippen LogP) is 1.66. The molecule has 0 aromatic heterocycles. The van der Waals surface area contributed by atoms with Crippen molar-refractivity contribution in [2.24, 2.45) is 0 Å². The number of amides is 1. The third kappa shape index (κ3) is 5.17. The van der Waals surface area contributed by atoms with Crippen molar-refractivity contribution in [1.82, 2.24) is 13.9 Å². The highest BCUT2D eigenvalue weighted by molar-refractivity contribution is 7.86. The van der Waals surface area contributed by atoms with Gasteiger partial charge in [-0.25, -0.2) is 0 Å². The van der Waals surface area contributed by atoms with Gasteiger partial charge in [-0.15, -0.1) is 0 Å². The second-order valence-electron chi connectivity index (χ2n) is 6.16. The van der Waals surface area contributed by atoms with Crippen LogP contribution in [0.5, 0.6) is 0 Å². The molecule has 0 atom stereocenters. The number of carbonyl (C=O) groups excluding carboxylic acids is 1. The molecule has 8 heteroatoms. The summed E-state index contributed by atoms with van der Waals surface area (Å²) in [6.45, 7) is 0.866. The smallest absolute Gasteiger partial charge is 0.281 e. The van der Waals surface area contributed by atoms with E-state index in [0.717, 1.165) is 5.56 Å². The Labute approximate surface area is 149 Å². The molecule has 0 aliphatic carbocycles. The van der Waals surface area contributed by atoms with Crippen molar-refractivity contribution in [3.8, 4) is 0 Å². The van der Waals surface area contributed by atoms with Crippen molar-refractivity contribution in [3.05, 3.63) is 34.9 Å². The zero-order valence-corrected chi connectivity index (χ0v) is 15.6. The highest BCUT2D eigenvalue weighted by Gasteiger charge is 2.29. The van der Waals surface area contributed by atoms with E-state index in [1.54, 1.807) is 0 Å². The van der Waals surface area contributed by atoms with Gasteiger partial charge >= 0.3 is 0 Å². The average molecular weight is 374 g/mol. The lowest BCUT2D eigenvalue weighted by atomic mass is 10.1. The lowest BCUT2D eigenvalue weighted by Crippen LogP contribution is -2.49. The van der Waals surface area contributed by atoms with Crippen LogP contribution >= 0.6 is 11.6 Å². The van der Waals surface area contributed by atoms with Crippen LogP contribution in [0.15, 0.2) is 24.3 Å². The maximum absolute atomic E-state index is 12.1. The van der Waals surface area contributed by atoms with Crippen LogP contribution < -0.4 is 5.32 Å². The van der Waals surface area contributed by atoms with Gasteiger partial charge in [-0.1, -0.05) is 23.7 Å². The van der Waals surface area contributed by atoms with Gasteiger partial charge in [0, 0.05) is 44.7 Å². The number of hydrogen-bond donors (Lipinski definition) is 1. The Hall–Kier alpha value is -1.15. The molecule has 134 valence electrons. The number of hydrogen-bond acceptors (Lipinski definition) is 3. The number of benzene rings is 1.